The molecule has 0 unspecified atom stereocenters. The summed E-state index contributed by atoms with van der Waals surface area (Å²) in [7, 11) is 0. The Morgan fingerprint density at radius 2 is 1.56 bits per heavy atom. The standard InChI is InChI=1S/C17H21F6NO2S/c1-15(2,3)27(25)24-14(17(21,22)23)12-6-8-13(9-7-12)26-11-5-4-10-16(18,19)20/h6-9H,4-5,10-11H2,1-3H3/b24-14+/t27-/m0/s1. The summed E-state index contributed by atoms with van der Waals surface area (Å²) in [5.41, 5.74) is -1.53. The van der Waals surface area contributed by atoms with Gasteiger partial charge in [0.05, 0.1) is 6.61 Å². The summed E-state index contributed by atoms with van der Waals surface area (Å²) < 4.78 is 95.4. The summed E-state index contributed by atoms with van der Waals surface area (Å²) in [6, 6.07) is 4.77. The highest BCUT2D eigenvalue weighted by Gasteiger charge is 2.41. The van der Waals surface area contributed by atoms with E-state index in [0.29, 0.717) is 0 Å². The average molecular weight is 417 g/mol. The van der Waals surface area contributed by atoms with Crippen molar-refractivity contribution in [3.05, 3.63) is 29.8 Å². The number of hydrogen-bond acceptors (Lipinski definition) is 3. The zero-order valence-electron chi connectivity index (χ0n) is 15.1. The van der Waals surface area contributed by atoms with Crippen molar-refractivity contribution >= 4 is 17.1 Å². The number of benzene rings is 1. The lowest BCUT2D eigenvalue weighted by atomic mass is 10.1. The molecule has 0 radical (unpaired) electrons. The molecular weight excluding hydrogens is 396 g/mol. The summed E-state index contributed by atoms with van der Waals surface area (Å²) in [4.78, 5) is 0. The number of alkyl halides is 6. The van der Waals surface area contributed by atoms with E-state index in [2.05, 4.69) is 4.40 Å². The molecule has 0 saturated carbocycles. The Balaban J connectivity index is 2.78. The van der Waals surface area contributed by atoms with E-state index in [9.17, 15) is 30.9 Å². The van der Waals surface area contributed by atoms with Crippen LogP contribution in [-0.2, 0) is 11.4 Å². The molecule has 1 aromatic carbocycles. The minimum atomic E-state index is -4.79. The molecule has 0 bridgehead atoms. The van der Waals surface area contributed by atoms with Gasteiger partial charge in [-0.25, -0.2) is 0 Å². The maximum absolute atomic E-state index is 13.3. The number of ether oxygens (including phenoxy) is 1. The van der Waals surface area contributed by atoms with Gasteiger partial charge in [0.2, 0.25) is 5.71 Å². The Hall–Kier alpha value is -1.42. The van der Waals surface area contributed by atoms with E-state index in [-0.39, 0.29) is 30.8 Å². The minimum Gasteiger partial charge on any atom is -0.591 e. The maximum atomic E-state index is 13.3. The summed E-state index contributed by atoms with van der Waals surface area (Å²) in [5, 5.41) is 0. The minimum absolute atomic E-state index is 0.0175. The summed E-state index contributed by atoms with van der Waals surface area (Å²) in [6.07, 6.45) is -9.85. The highest BCUT2D eigenvalue weighted by molar-refractivity contribution is 7.91. The predicted molar refractivity (Wildman–Crippen MR) is 92.3 cm³/mol. The number of hydrogen-bond donors (Lipinski definition) is 0. The molecule has 154 valence electrons. The van der Waals surface area contributed by atoms with Crippen LogP contribution in [0.25, 0.3) is 0 Å². The van der Waals surface area contributed by atoms with E-state index in [1.807, 2.05) is 0 Å². The molecule has 0 heterocycles. The first-order valence-corrected chi connectivity index (χ1v) is 9.19. The highest BCUT2D eigenvalue weighted by atomic mass is 32.2. The molecule has 0 aliphatic heterocycles. The van der Waals surface area contributed by atoms with E-state index in [4.69, 9.17) is 4.74 Å². The Morgan fingerprint density at radius 3 is 2.00 bits per heavy atom. The average Bonchev–Trinajstić information content (AvgIpc) is 2.49. The summed E-state index contributed by atoms with van der Waals surface area (Å²) >= 11 is -2.09. The van der Waals surface area contributed by atoms with Gasteiger partial charge in [0.1, 0.15) is 21.9 Å². The van der Waals surface area contributed by atoms with Crippen LogP contribution in [0.15, 0.2) is 28.7 Å². The van der Waals surface area contributed by atoms with E-state index in [1.54, 1.807) is 0 Å². The largest absolute Gasteiger partial charge is 0.591 e. The SMILES string of the molecule is CC(C)(C)[S@+]([O-])/N=C(\c1ccc(OCCCCC(F)(F)F)cc1)C(F)(F)F. The third kappa shape index (κ3) is 8.87. The Labute approximate surface area is 157 Å². The number of nitrogens with zero attached hydrogens (tertiary/aromatic N) is 1. The topological polar surface area (TPSA) is 44.7 Å². The molecule has 0 aliphatic rings. The molecule has 10 heteroatoms. The lowest BCUT2D eigenvalue weighted by molar-refractivity contribution is -0.135. The molecular formula is C17H21F6NO2S. The summed E-state index contributed by atoms with van der Waals surface area (Å²) in [5.74, 6) is 0.226. The van der Waals surface area contributed by atoms with Gasteiger partial charge < -0.3 is 9.29 Å². The molecule has 1 atom stereocenters. The zero-order chi connectivity index (χ0) is 20.9. The third-order valence-electron chi connectivity index (χ3n) is 3.22. The van der Waals surface area contributed by atoms with Crippen molar-refractivity contribution in [1.29, 1.82) is 0 Å². The second-order valence-electron chi connectivity index (χ2n) is 6.74. The van der Waals surface area contributed by atoms with Gasteiger partial charge in [-0.05, 0) is 57.9 Å². The first kappa shape index (κ1) is 23.6. The maximum Gasteiger partial charge on any atom is 0.438 e. The molecule has 0 spiro atoms. The molecule has 1 rings (SSSR count). The van der Waals surface area contributed by atoms with Crippen LogP contribution in [0, 0.1) is 0 Å². The Morgan fingerprint density at radius 1 is 1.00 bits per heavy atom. The van der Waals surface area contributed by atoms with Crippen LogP contribution in [-0.4, -0.2) is 34.0 Å². The van der Waals surface area contributed by atoms with E-state index in [0.717, 1.165) is 12.1 Å². The fourth-order valence-electron chi connectivity index (χ4n) is 1.81. The fourth-order valence-corrected chi connectivity index (χ4v) is 2.46. The quantitative estimate of drug-likeness (QED) is 0.250. The van der Waals surface area contributed by atoms with Crippen molar-refractivity contribution in [2.45, 2.75) is 57.1 Å². The molecule has 0 fully saturated rings. The Kier molecular flexibility index (Phi) is 8.03. The number of unbranched alkanes of at least 4 members (excludes halogenated alkanes) is 1. The van der Waals surface area contributed by atoms with Gasteiger partial charge in [0, 0.05) is 12.0 Å². The van der Waals surface area contributed by atoms with Crippen molar-refractivity contribution in [3.8, 4) is 5.75 Å². The highest BCUT2D eigenvalue weighted by Crippen LogP contribution is 2.28. The second-order valence-corrected chi connectivity index (χ2v) is 8.65. The molecule has 1 aromatic rings. The molecule has 0 aromatic heterocycles. The molecule has 0 N–H and O–H groups in total. The van der Waals surface area contributed by atoms with Gasteiger partial charge in [-0.15, -0.1) is 0 Å². The molecule has 0 amide bonds. The van der Waals surface area contributed by atoms with E-state index < -0.39 is 40.6 Å². The molecule has 0 aliphatic carbocycles. The van der Waals surface area contributed by atoms with Gasteiger partial charge in [-0.2, -0.15) is 26.3 Å². The van der Waals surface area contributed by atoms with Gasteiger partial charge in [-0.1, -0.05) is 4.40 Å². The van der Waals surface area contributed by atoms with Crippen LogP contribution in [0.3, 0.4) is 0 Å². The van der Waals surface area contributed by atoms with Crippen LogP contribution >= 0.6 is 0 Å². The van der Waals surface area contributed by atoms with Crippen molar-refractivity contribution in [1.82, 2.24) is 0 Å². The monoisotopic (exact) mass is 417 g/mol. The predicted octanol–water partition coefficient (Wildman–Crippen LogP) is 5.61. The van der Waals surface area contributed by atoms with Crippen LogP contribution in [0.1, 0.15) is 45.6 Å². The molecule has 3 nitrogen and oxygen atoms in total. The zero-order valence-corrected chi connectivity index (χ0v) is 15.9. The smallest absolute Gasteiger partial charge is 0.438 e. The lowest BCUT2D eigenvalue weighted by Gasteiger charge is -2.20. The fraction of sp³-hybridized carbons (Fsp3) is 0.588. The normalized spacial score (nSPS) is 15.0. The number of rotatable bonds is 7. The van der Waals surface area contributed by atoms with Crippen molar-refractivity contribution < 1.29 is 35.6 Å². The van der Waals surface area contributed by atoms with Crippen LogP contribution in [0.2, 0.25) is 0 Å². The van der Waals surface area contributed by atoms with E-state index >= 15 is 0 Å². The van der Waals surface area contributed by atoms with Crippen molar-refractivity contribution in [3.63, 3.8) is 0 Å². The Bertz CT molecular complexity index is 620. The van der Waals surface area contributed by atoms with Crippen LogP contribution in [0.4, 0.5) is 26.3 Å². The van der Waals surface area contributed by atoms with Crippen LogP contribution in [0.5, 0.6) is 5.75 Å². The molecule has 27 heavy (non-hydrogen) atoms. The molecule has 0 saturated heterocycles. The van der Waals surface area contributed by atoms with Gasteiger partial charge in [0.15, 0.2) is 0 Å². The summed E-state index contributed by atoms with van der Waals surface area (Å²) in [6.45, 7) is 4.55. The second kappa shape index (κ2) is 9.18. The lowest BCUT2D eigenvalue weighted by Crippen LogP contribution is -2.31. The third-order valence-corrected chi connectivity index (χ3v) is 4.61. The van der Waals surface area contributed by atoms with Crippen molar-refractivity contribution in [2.75, 3.05) is 6.61 Å². The number of halogens is 6. The first-order chi connectivity index (χ1) is 12.2. The van der Waals surface area contributed by atoms with Crippen LogP contribution < -0.4 is 4.74 Å². The van der Waals surface area contributed by atoms with Gasteiger partial charge in [0.25, 0.3) is 0 Å². The van der Waals surface area contributed by atoms with Gasteiger partial charge >= 0.3 is 12.4 Å². The first-order valence-electron chi connectivity index (χ1n) is 8.08. The van der Waals surface area contributed by atoms with E-state index in [1.165, 1.54) is 32.9 Å². The van der Waals surface area contributed by atoms with Crippen molar-refractivity contribution in [2.24, 2.45) is 4.40 Å². The van der Waals surface area contributed by atoms with Gasteiger partial charge in [-0.3, -0.25) is 0 Å².